The largest absolute Gasteiger partial charge is 0.466 e. The Morgan fingerprint density at radius 3 is 2.03 bits per heavy atom. The van der Waals surface area contributed by atoms with Gasteiger partial charge in [0.2, 0.25) is 0 Å². The molecule has 0 saturated carbocycles. The second-order valence-corrected chi connectivity index (χ2v) is 9.93. The number of hydrogen-bond donors (Lipinski definition) is 1. The number of esters is 2. The molecule has 1 atom stereocenters. The average molecular weight is 468 g/mol. The number of hydrogen-bond acceptors (Lipinski definition) is 5. The second-order valence-electron chi connectivity index (χ2n) is 9.93. The first kappa shape index (κ1) is 29.9. The van der Waals surface area contributed by atoms with Crippen LogP contribution >= 0.6 is 0 Å². The molecule has 1 fully saturated rings. The van der Waals surface area contributed by atoms with Crippen LogP contribution in [0.25, 0.3) is 0 Å². The lowest BCUT2D eigenvalue weighted by Crippen LogP contribution is -2.28. The first-order chi connectivity index (χ1) is 16.2. The number of ether oxygens (including phenoxy) is 2. The molecule has 1 aliphatic heterocycles. The van der Waals surface area contributed by atoms with Crippen LogP contribution < -0.4 is 5.32 Å². The number of nitrogens with one attached hydrogen (secondary N) is 1. The monoisotopic (exact) mass is 467 g/mol. The third-order valence-corrected chi connectivity index (χ3v) is 6.91. The van der Waals surface area contributed by atoms with E-state index in [4.69, 9.17) is 9.47 Å². The normalized spacial score (nSPS) is 15.3. The van der Waals surface area contributed by atoms with Crippen molar-refractivity contribution >= 4 is 11.9 Å². The minimum atomic E-state index is -0.118. The van der Waals surface area contributed by atoms with Crippen LogP contribution in [0.3, 0.4) is 0 Å². The van der Waals surface area contributed by atoms with Crippen LogP contribution in [0, 0.1) is 11.8 Å². The lowest BCUT2D eigenvalue weighted by Gasteiger charge is -2.22. The molecule has 5 nitrogen and oxygen atoms in total. The zero-order valence-electron chi connectivity index (χ0n) is 21.8. The summed E-state index contributed by atoms with van der Waals surface area (Å²) in [6.45, 7) is 7.57. The zero-order chi connectivity index (χ0) is 24.0. The molecule has 1 rings (SSSR count). The van der Waals surface area contributed by atoms with Gasteiger partial charge in [0.15, 0.2) is 0 Å². The molecule has 1 aliphatic rings. The summed E-state index contributed by atoms with van der Waals surface area (Å²) in [5.74, 6) is 0.592. The molecule has 0 spiro atoms. The van der Waals surface area contributed by atoms with Crippen molar-refractivity contribution in [2.75, 3.05) is 26.3 Å². The van der Waals surface area contributed by atoms with E-state index in [1.54, 1.807) is 0 Å². The maximum Gasteiger partial charge on any atom is 0.308 e. The molecule has 0 radical (unpaired) electrons. The van der Waals surface area contributed by atoms with E-state index in [0.29, 0.717) is 25.6 Å². The van der Waals surface area contributed by atoms with Crippen molar-refractivity contribution < 1.29 is 19.1 Å². The van der Waals surface area contributed by atoms with Crippen LogP contribution in [0.1, 0.15) is 129 Å². The van der Waals surface area contributed by atoms with E-state index in [0.717, 1.165) is 58.0 Å². The maximum absolute atomic E-state index is 12.6. The zero-order valence-corrected chi connectivity index (χ0v) is 21.8. The second kappa shape index (κ2) is 21.4. The van der Waals surface area contributed by atoms with E-state index >= 15 is 0 Å². The highest BCUT2D eigenvalue weighted by Crippen LogP contribution is 2.21. The molecule has 0 aliphatic carbocycles. The summed E-state index contributed by atoms with van der Waals surface area (Å²) in [4.78, 5) is 24.6. The van der Waals surface area contributed by atoms with Gasteiger partial charge in [0, 0.05) is 6.42 Å². The summed E-state index contributed by atoms with van der Waals surface area (Å²) in [5, 5.41) is 3.36. The Morgan fingerprint density at radius 1 is 0.758 bits per heavy atom. The van der Waals surface area contributed by atoms with Crippen LogP contribution in [0.4, 0.5) is 0 Å². The van der Waals surface area contributed by atoms with Gasteiger partial charge in [-0.05, 0) is 64.0 Å². The van der Waals surface area contributed by atoms with Crippen LogP contribution in [-0.4, -0.2) is 38.2 Å². The molecule has 0 bridgehead atoms. The van der Waals surface area contributed by atoms with Crippen molar-refractivity contribution in [1.82, 2.24) is 5.32 Å². The number of carbonyl (C=O) groups is 2. The molecule has 194 valence electrons. The van der Waals surface area contributed by atoms with Crippen LogP contribution in [0.15, 0.2) is 0 Å². The van der Waals surface area contributed by atoms with Gasteiger partial charge in [0.25, 0.3) is 0 Å². The Kier molecular flexibility index (Phi) is 19.4. The predicted molar refractivity (Wildman–Crippen MR) is 136 cm³/mol. The van der Waals surface area contributed by atoms with Crippen molar-refractivity contribution in [3.63, 3.8) is 0 Å². The Bertz CT molecular complexity index is 477. The van der Waals surface area contributed by atoms with E-state index < -0.39 is 0 Å². The third kappa shape index (κ3) is 17.1. The minimum absolute atomic E-state index is 0.0235. The van der Waals surface area contributed by atoms with E-state index in [1.807, 2.05) is 0 Å². The highest BCUT2D eigenvalue weighted by molar-refractivity contribution is 5.72. The Labute approximate surface area is 204 Å². The lowest BCUT2D eigenvalue weighted by molar-refractivity contribution is -0.149. The Morgan fingerprint density at radius 2 is 1.36 bits per heavy atom. The van der Waals surface area contributed by atoms with E-state index in [9.17, 15) is 9.59 Å². The van der Waals surface area contributed by atoms with Gasteiger partial charge in [-0.3, -0.25) is 9.59 Å². The summed E-state index contributed by atoms with van der Waals surface area (Å²) in [6, 6.07) is 0. The number of carbonyl (C=O) groups excluding carboxylic acids is 2. The molecule has 1 heterocycles. The highest BCUT2D eigenvalue weighted by Gasteiger charge is 2.19. The summed E-state index contributed by atoms with van der Waals surface area (Å²) >= 11 is 0. The molecule has 0 aromatic heterocycles. The Hall–Kier alpha value is -1.10. The average Bonchev–Trinajstić information content (AvgIpc) is 2.83. The fraction of sp³-hybridized carbons (Fsp3) is 0.929. The minimum Gasteiger partial charge on any atom is -0.466 e. The summed E-state index contributed by atoms with van der Waals surface area (Å²) in [5.41, 5.74) is 0. The van der Waals surface area contributed by atoms with Gasteiger partial charge >= 0.3 is 11.9 Å². The topological polar surface area (TPSA) is 64.6 Å². The standard InChI is InChI=1S/C28H53NO4/c1-3-5-7-9-10-12-16-26(15-11-8-6-4-2)28(31)33-23-14-13-17-27(30)32-24-20-25-18-21-29-22-19-25/h25-26,29H,3-24H2,1-2H3. The van der Waals surface area contributed by atoms with Gasteiger partial charge in [0.05, 0.1) is 19.1 Å². The predicted octanol–water partition coefficient (Wildman–Crippen LogP) is 6.97. The molecular weight excluding hydrogens is 414 g/mol. The molecule has 0 aromatic carbocycles. The fourth-order valence-corrected chi connectivity index (χ4v) is 4.61. The number of rotatable bonds is 21. The van der Waals surface area contributed by atoms with Gasteiger partial charge in [-0.25, -0.2) is 0 Å². The summed E-state index contributed by atoms with van der Waals surface area (Å²) < 4.78 is 11.0. The Balaban J connectivity index is 2.13. The van der Waals surface area contributed by atoms with Crippen molar-refractivity contribution in [2.45, 2.75) is 129 Å². The van der Waals surface area contributed by atoms with Crippen LogP contribution in [-0.2, 0) is 19.1 Å². The van der Waals surface area contributed by atoms with Gasteiger partial charge in [0.1, 0.15) is 0 Å². The summed E-state index contributed by atoms with van der Waals surface area (Å²) in [6.07, 6.45) is 19.4. The highest BCUT2D eigenvalue weighted by atomic mass is 16.5. The van der Waals surface area contributed by atoms with Crippen molar-refractivity contribution in [3.8, 4) is 0 Å². The first-order valence-electron chi connectivity index (χ1n) is 14.2. The van der Waals surface area contributed by atoms with Gasteiger partial charge in [-0.15, -0.1) is 0 Å². The van der Waals surface area contributed by atoms with E-state index in [-0.39, 0.29) is 17.9 Å². The smallest absolute Gasteiger partial charge is 0.308 e. The number of unbranched alkanes of at least 4 members (excludes halogenated alkanes) is 9. The molecule has 0 amide bonds. The van der Waals surface area contributed by atoms with Gasteiger partial charge in [-0.1, -0.05) is 78.1 Å². The molecule has 1 N–H and O–H groups in total. The van der Waals surface area contributed by atoms with Crippen LogP contribution in [0.5, 0.6) is 0 Å². The van der Waals surface area contributed by atoms with Crippen molar-refractivity contribution in [3.05, 3.63) is 0 Å². The van der Waals surface area contributed by atoms with Gasteiger partial charge in [-0.2, -0.15) is 0 Å². The first-order valence-corrected chi connectivity index (χ1v) is 14.2. The molecular formula is C28H53NO4. The maximum atomic E-state index is 12.6. The van der Waals surface area contributed by atoms with E-state index in [1.165, 1.54) is 64.2 Å². The van der Waals surface area contributed by atoms with Gasteiger partial charge < -0.3 is 14.8 Å². The van der Waals surface area contributed by atoms with E-state index in [2.05, 4.69) is 19.2 Å². The lowest BCUT2D eigenvalue weighted by atomic mass is 9.94. The van der Waals surface area contributed by atoms with Crippen molar-refractivity contribution in [2.24, 2.45) is 11.8 Å². The molecule has 33 heavy (non-hydrogen) atoms. The van der Waals surface area contributed by atoms with Crippen molar-refractivity contribution in [1.29, 1.82) is 0 Å². The molecule has 0 aromatic rings. The SMILES string of the molecule is CCCCCCCCC(CCCCCC)C(=O)OCCCCC(=O)OCCC1CCNCC1. The fourth-order valence-electron chi connectivity index (χ4n) is 4.61. The quantitative estimate of drug-likeness (QED) is 0.146. The summed E-state index contributed by atoms with van der Waals surface area (Å²) in [7, 11) is 0. The number of piperidine rings is 1. The molecule has 1 unspecified atom stereocenters. The molecule has 5 heteroatoms. The molecule has 1 saturated heterocycles. The third-order valence-electron chi connectivity index (χ3n) is 6.91. The van der Waals surface area contributed by atoms with Crippen LogP contribution in [0.2, 0.25) is 0 Å².